The van der Waals surface area contributed by atoms with Crippen LogP contribution >= 0.6 is 0 Å². The molecule has 1 aromatic heterocycles. The largest absolute Gasteiger partial charge is 0.452 e. The number of ether oxygens (including phenoxy) is 2. The first-order valence-corrected chi connectivity index (χ1v) is 9.11. The third kappa shape index (κ3) is 3.07. The third-order valence-electron chi connectivity index (χ3n) is 5.14. The number of rotatable bonds is 6. The van der Waals surface area contributed by atoms with Crippen LogP contribution in [0.1, 0.15) is 33.6 Å². The van der Waals surface area contributed by atoms with Gasteiger partial charge in [-0.3, -0.25) is 14.4 Å². The highest BCUT2D eigenvalue weighted by atomic mass is 16.7. The van der Waals surface area contributed by atoms with Gasteiger partial charge in [-0.25, -0.2) is 4.98 Å². The molecule has 4 rings (SSSR count). The molecule has 0 saturated carbocycles. The quantitative estimate of drug-likeness (QED) is 0.800. The van der Waals surface area contributed by atoms with Crippen LogP contribution in [0, 0.1) is 0 Å². The maximum atomic E-state index is 13.3. The van der Waals surface area contributed by atoms with Gasteiger partial charge in [0, 0.05) is 49.2 Å². The molecule has 0 bridgehead atoms. The lowest BCUT2D eigenvalue weighted by Gasteiger charge is -2.39. The normalized spacial score (nSPS) is 20.7. The zero-order valence-electron chi connectivity index (χ0n) is 15.8. The number of hydrogen-bond acceptors (Lipinski definition) is 6. The van der Waals surface area contributed by atoms with Gasteiger partial charge < -0.3 is 19.8 Å². The predicted molar refractivity (Wildman–Crippen MR) is 102 cm³/mol. The zero-order valence-corrected chi connectivity index (χ0v) is 15.8. The van der Waals surface area contributed by atoms with Crippen LogP contribution in [0.15, 0.2) is 66.0 Å². The Morgan fingerprint density at radius 2 is 1.97 bits per heavy atom. The molecule has 148 valence electrons. The van der Waals surface area contributed by atoms with Gasteiger partial charge in [-0.15, -0.1) is 0 Å². The monoisotopic (exact) mass is 393 g/mol. The van der Waals surface area contributed by atoms with Gasteiger partial charge in [0.2, 0.25) is 5.79 Å². The number of primary amides is 1. The van der Waals surface area contributed by atoms with E-state index in [4.69, 9.17) is 15.2 Å². The second-order valence-corrected chi connectivity index (χ2v) is 6.83. The molecule has 2 heterocycles. The van der Waals surface area contributed by atoms with Crippen molar-refractivity contribution in [2.45, 2.75) is 25.2 Å². The lowest BCUT2D eigenvalue weighted by molar-refractivity contribution is -0.180. The number of nitrogens with zero attached hydrogens (tertiary/aromatic N) is 2. The lowest BCUT2D eigenvalue weighted by atomic mass is 9.78. The molecular formula is C21H19N3O5. The van der Waals surface area contributed by atoms with Crippen LogP contribution in [0.3, 0.4) is 0 Å². The Morgan fingerprint density at radius 1 is 1.24 bits per heavy atom. The maximum absolute atomic E-state index is 13.3. The molecule has 29 heavy (non-hydrogen) atoms. The molecule has 1 atom stereocenters. The van der Waals surface area contributed by atoms with Crippen molar-refractivity contribution in [3.05, 3.63) is 77.1 Å². The zero-order chi connectivity index (χ0) is 20.6. The number of nitrogens with two attached hydrogens (primary N) is 1. The number of amides is 1. The van der Waals surface area contributed by atoms with Crippen LogP contribution in [-0.4, -0.2) is 39.9 Å². The standard InChI is InChI=1S/C21H19N3O5/c1-28-21(7-4-9-24-10-8-23-12-24)17-15(11-16(29-21)20(22)27)18(25)13-5-2-3-6-14(13)19(17)26/h2-3,5-6,8,10-12H,4,7,9H2,1H3,(H2,22,27). The summed E-state index contributed by atoms with van der Waals surface area (Å²) in [5, 5.41) is 0. The highest BCUT2D eigenvalue weighted by Crippen LogP contribution is 2.42. The van der Waals surface area contributed by atoms with E-state index in [1.54, 1.807) is 36.8 Å². The van der Waals surface area contributed by atoms with Crippen LogP contribution < -0.4 is 5.73 Å². The van der Waals surface area contributed by atoms with Crippen molar-refractivity contribution in [3.8, 4) is 0 Å². The molecular weight excluding hydrogens is 374 g/mol. The van der Waals surface area contributed by atoms with Crippen molar-refractivity contribution in [1.29, 1.82) is 0 Å². The maximum Gasteiger partial charge on any atom is 0.283 e. The molecule has 2 N–H and O–H groups in total. The average molecular weight is 393 g/mol. The van der Waals surface area contributed by atoms with Gasteiger partial charge in [-0.1, -0.05) is 24.3 Å². The SMILES string of the molecule is COC1(CCCn2ccnc2)OC(C(N)=O)=CC2=C1C(=O)c1ccccc1C2=O. The fourth-order valence-corrected chi connectivity index (χ4v) is 3.76. The van der Waals surface area contributed by atoms with Gasteiger partial charge in [0.15, 0.2) is 17.3 Å². The molecule has 1 aromatic carbocycles. The molecule has 2 aliphatic rings. The molecule has 1 aliphatic carbocycles. The number of hydrogen-bond donors (Lipinski definition) is 1. The summed E-state index contributed by atoms with van der Waals surface area (Å²) in [5.41, 5.74) is 6.17. The molecule has 0 spiro atoms. The number of fused-ring (bicyclic) bond motifs is 1. The van der Waals surface area contributed by atoms with Gasteiger partial charge >= 0.3 is 0 Å². The molecule has 0 fully saturated rings. The Labute approximate surface area is 166 Å². The number of aryl methyl sites for hydroxylation is 1. The Balaban J connectivity index is 1.78. The number of aromatic nitrogens is 2. The molecule has 1 aliphatic heterocycles. The summed E-state index contributed by atoms with van der Waals surface area (Å²) in [6, 6.07) is 6.55. The Bertz CT molecular complexity index is 1070. The highest BCUT2D eigenvalue weighted by Gasteiger charge is 2.50. The van der Waals surface area contributed by atoms with E-state index in [2.05, 4.69) is 4.98 Å². The number of allylic oxidation sites excluding steroid dienone is 2. The molecule has 8 nitrogen and oxygen atoms in total. The van der Waals surface area contributed by atoms with Crippen molar-refractivity contribution in [2.24, 2.45) is 5.73 Å². The second-order valence-electron chi connectivity index (χ2n) is 6.83. The topological polar surface area (TPSA) is 114 Å². The number of carbonyl (C=O) groups is 3. The Kier molecular flexibility index (Phi) is 4.63. The third-order valence-corrected chi connectivity index (χ3v) is 5.14. The van der Waals surface area contributed by atoms with Crippen molar-refractivity contribution < 1.29 is 23.9 Å². The van der Waals surface area contributed by atoms with Crippen molar-refractivity contribution >= 4 is 17.5 Å². The summed E-state index contributed by atoms with van der Waals surface area (Å²) in [6.07, 6.45) is 7.15. The summed E-state index contributed by atoms with van der Waals surface area (Å²) in [6.45, 7) is 0.589. The fraction of sp³-hybridized carbons (Fsp3) is 0.238. The summed E-state index contributed by atoms with van der Waals surface area (Å²) in [4.78, 5) is 42.3. The molecule has 8 heteroatoms. The fourth-order valence-electron chi connectivity index (χ4n) is 3.76. The van der Waals surface area contributed by atoms with E-state index in [0.717, 1.165) is 0 Å². The van der Waals surface area contributed by atoms with E-state index in [-0.39, 0.29) is 46.0 Å². The van der Waals surface area contributed by atoms with Gasteiger partial charge in [-0.05, 0) is 12.5 Å². The minimum Gasteiger partial charge on any atom is -0.452 e. The van der Waals surface area contributed by atoms with Crippen molar-refractivity contribution in [3.63, 3.8) is 0 Å². The van der Waals surface area contributed by atoms with Crippen molar-refractivity contribution in [2.75, 3.05) is 7.11 Å². The van der Waals surface area contributed by atoms with Gasteiger partial charge in [0.1, 0.15) is 0 Å². The number of benzene rings is 1. The summed E-state index contributed by atoms with van der Waals surface area (Å²) in [7, 11) is 1.38. The number of Topliss-reactive ketones (excluding diaryl/α,β-unsaturated/α-hetero) is 2. The van der Waals surface area contributed by atoms with Gasteiger partial charge in [0.05, 0.1) is 11.9 Å². The minimum atomic E-state index is -1.59. The number of methoxy groups -OCH3 is 1. The number of carbonyl (C=O) groups excluding carboxylic acids is 3. The molecule has 0 saturated heterocycles. The van der Waals surface area contributed by atoms with Gasteiger partial charge in [-0.2, -0.15) is 0 Å². The summed E-state index contributed by atoms with van der Waals surface area (Å²) < 4.78 is 13.3. The summed E-state index contributed by atoms with van der Waals surface area (Å²) in [5.74, 6) is -3.37. The lowest BCUT2D eigenvalue weighted by Crippen LogP contribution is -2.46. The summed E-state index contributed by atoms with van der Waals surface area (Å²) >= 11 is 0. The predicted octanol–water partition coefficient (Wildman–Crippen LogP) is 1.78. The number of imidazole rings is 1. The second kappa shape index (κ2) is 7.14. The smallest absolute Gasteiger partial charge is 0.283 e. The van der Waals surface area contributed by atoms with Gasteiger partial charge in [0.25, 0.3) is 5.91 Å². The molecule has 2 aromatic rings. The number of ketones is 2. The van der Waals surface area contributed by atoms with Crippen LogP contribution in [0.2, 0.25) is 0 Å². The first-order chi connectivity index (χ1) is 14.0. The van der Waals surface area contributed by atoms with E-state index >= 15 is 0 Å². The van der Waals surface area contributed by atoms with E-state index in [1.165, 1.54) is 13.2 Å². The van der Waals surface area contributed by atoms with E-state index < -0.39 is 11.7 Å². The van der Waals surface area contributed by atoms with E-state index in [0.29, 0.717) is 13.0 Å². The first kappa shape index (κ1) is 18.8. The highest BCUT2D eigenvalue weighted by molar-refractivity contribution is 6.29. The average Bonchev–Trinajstić information content (AvgIpc) is 3.25. The van der Waals surface area contributed by atoms with E-state index in [9.17, 15) is 14.4 Å². The van der Waals surface area contributed by atoms with Crippen LogP contribution in [0.4, 0.5) is 0 Å². The Morgan fingerprint density at radius 3 is 2.59 bits per heavy atom. The molecule has 1 unspecified atom stereocenters. The van der Waals surface area contributed by atoms with Crippen LogP contribution in [0.5, 0.6) is 0 Å². The molecule has 0 radical (unpaired) electrons. The Hall–Kier alpha value is -3.52. The molecule has 1 amide bonds. The first-order valence-electron chi connectivity index (χ1n) is 9.11. The van der Waals surface area contributed by atoms with E-state index in [1.807, 2.05) is 10.8 Å². The van der Waals surface area contributed by atoms with Crippen molar-refractivity contribution in [1.82, 2.24) is 9.55 Å². The van der Waals surface area contributed by atoms with Crippen LogP contribution in [0.25, 0.3) is 0 Å². The van der Waals surface area contributed by atoms with Crippen LogP contribution in [-0.2, 0) is 20.8 Å². The minimum absolute atomic E-state index is 0.0817.